The molecule has 22 heavy (non-hydrogen) atoms. The van der Waals surface area contributed by atoms with Gasteiger partial charge in [-0.05, 0) is 25.2 Å². The maximum absolute atomic E-state index is 8.31. The Morgan fingerprint density at radius 1 is 1.00 bits per heavy atom. The molecule has 0 spiro atoms. The molecule has 0 aromatic heterocycles. The van der Waals surface area contributed by atoms with Crippen molar-refractivity contribution in [2.24, 2.45) is 0 Å². The summed E-state index contributed by atoms with van der Waals surface area (Å²) in [5, 5.41) is 8.31. The summed E-state index contributed by atoms with van der Waals surface area (Å²) in [6.45, 7) is 4.97. The van der Waals surface area contributed by atoms with Gasteiger partial charge in [0, 0.05) is 17.7 Å². The average Bonchev–Trinajstić information content (AvgIpc) is 2.54. The van der Waals surface area contributed by atoms with Crippen molar-refractivity contribution >= 4 is 17.4 Å². The monoisotopic (exact) mass is 290 g/mol. The molecule has 0 amide bonds. The minimum atomic E-state index is 0.468. The molecule has 0 saturated carbocycles. The molecule has 0 aliphatic rings. The zero-order valence-corrected chi connectivity index (χ0v) is 13.2. The normalized spacial score (nSPS) is 11.0. The van der Waals surface area contributed by atoms with Crippen molar-refractivity contribution in [3.63, 3.8) is 0 Å². The first kappa shape index (κ1) is 15.9. The summed E-state index contributed by atoms with van der Waals surface area (Å²) in [6, 6.07) is 17.9. The third kappa shape index (κ3) is 4.27. The van der Waals surface area contributed by atoms with Gasteiger partial charge in [0.15, 0.2) is 0 Å². The van der Waals surface area contributed by atoms with E-state index < -0.39 is 0 Å². The Morgan fingerprint density at radius 3 is 2.23 bits per heavy atom. The lowest BCUT2D eigenvalue weighted by Gasteiger charge is -2.08. The van der Waals surface area contributed by atoms with Gasteiger partial charge in [0.2, 0.25) is 0 Å². The summed E-state index contributed by atoms with van der Waals surface area (Å²) in [7, 11) is 4.09. The number of hydrogen-bond acceptors (Lipinski definition) is 2. The van der Waals surface area contributed by atoms with E-state index in [2.05, 4.69) is 23.6 Å². The van der Waals surface area contributed by atoms with Gasteiger partial charge in [-0.3, -0.25) is 5.41 Å². The van der Waals surface area contributed by atoms with Crippen LogP contribution in [0.1, 0.15) is 16.7 Å². The zero-order chi connectivity index (χ0) is 15.9. The molecule has 2 aromatic rings. The van der Waals surface area contributed by atoms with Crippen molar-refractivity contribution in [2.75, 3.05) is 20.6 Å². The number of rotatable bonds is 6. The molecule has 2 aromatic carbocycles. The van der Waals surface area contributed by atoms with Crippen molar-refractivity contribution in [3.8, 4) is 0 Å². The molecule has 0 aliphatic heterocycles. The molecular formula is C20H22N2. The summed E-state index contributed by atoms with van der Waals surface area (Å²) >= 11 is 0. The van der Waals surface area contributed by atoms with Gasteiger partial charge in [-0.1, -0.05) is 73.3 Å². The van der Waals surface area contributed by atoms with E-state index in [0.717, 1.165) is 28.8 Å². The van der Waals surface area contributed by atoms with Gasteiger partial charge >= 0.3 is 0 Å². The summed E-state index contributed by atoms with van der Waals surface area (Å²) in [5.41, 5.74) is 4.23. The Hall–Kier alpha value is -2.45. The number of hydrogen-bond donors (Lipinski definition) is 1. The highest BCUT2D eigenvalue weighted by Crippen LogP contribution is 2.18. The molecule has 0 atom stereocenters. The fraction of sp³-hybridized carbons (Fsp3) is 0.150. The van der Waals surface area contributed by atoms with Crippen molar-refractivity contribution in [1.82, 2.24) is 4.90 Å². The molecule has 112 valence electrons. The Labute approximate surface area is 132 Å². The molecular weight excluding hydrogens is 268 g/mol. The van der Waals surface area contributed by atoms with Crippen molar-refractivity contribution in [3.05, 3.63) is 83.9 Å². The highest BCUT2D eigenvalue weighted by molar-refractivity contribution is 6.29. The topological polar surface area (TPSA) is 27.1 Å². The van der Waals surface area contributed by atoms with E-state index in [-0.39, 0.29) is 0 Å². The molecule has 0 heterocycles. The lowest BCUT2D eigenvalue weighted by molar-refractivity contribution is 0.457. The molecule has 0 fully saturated rings. The van der Waals surface area contributed by atoms with Crippen LogP contribution < -0.4 is 0 Å². The van der Waals surface area contributed by atoms with E-state index in [4.69, 9.17) is 5.41 Å². The van der Waals surface area contributed by atoms with Crippen molar-refractivity contribution < 1.29 is 0 Å². The van der Waals surface area contributed by atoms with Crippen LogP contribution >= 0.6 is 0 Å². The number of nitrogens with one attached hydrogen (secondary N) is 1. The molecule has 0 bridgehead atoms. The van der Waals surface area contributed by atoms with Crippen molar-refractivity contribution in [1.29, 1.82) is 5.41 Å². The maximum atomic E-state index is 8.31. The molecule has 0 saturated heterocycles. The van der Waals surface area contributed by atoms with Crippen LogP contribution in [0.5, 0.6) is 0 Å². The van der Waals surface area contributed by atoms with Crippen LogP contribution in [0, 0.1) is 5.41 Å². The Balaban J connectivity index is 2.08. The SMILES string of the molecule is C=C(C(=N)c1ccc(/C=C/CN(C)C)cc1)c1ccccc1. The van der Waals surface area contributed by atoms with Gasteiger partial charge in [-0.15, -0.1) is 0 Å². The molecule has 0 radical (unpaired) electrons. The second-order valence-electron chi connectivity index (χ2n) is 5.51. The van der Waals surface area contributed by atoms with E-state index in [1.807, 2.05) is 68.7 Å². The predicted molar refractivity (Wildman–Crippen MR) is 96.3 cm³/mol. The first-order valence-electron chi connectivity index (χ1n) is 7.33. The Bertz CT molecular complexity index is 665. The second kappa shape index (κ2) is 7.53. The summed E-state index contributed by atoms with van der Waals surface area (Å²) in [5.74, 6) is 0. The first-order valence-corrected chi connectivity index (χ1v) is 7.33. The zero-order valence-electron chi connectivity index (χ0n) is 13.2. The standard InChI is InChI=1S/C20H22N2/c1-16(18-9-5-4-6-10-18)20(21)19-13-11-17(12-14-19)8-7-15-22(2)3/h4-14,21H,1,15H2,2-3H3/b8-7+,21-20?. The van der Waals surface area contributed by atoms with Crippen LogP contribution in [0.4, 0.5) is 0 Å². The molecule has 2 rings (SSSR count). The lowest BCUT2D eigenvalue weighted by atomic mass is 9.97. The summed E-state index contributed by atoms with van der Waals surface area (Å²) in [4.78, 5) is 2.12. The summed E-state index contributed by atoms with van der Waals surface area (Å²) in [6.07, 6.45) is 4.22. The average molecular weight is 290 g/mol. The van der Waals surface area contributed by atoms with E-state index in [1.165, 1.54) is 0 Å². The predicted octanol–water partition coefficient (Wildman–Crippen LogP) is 4.34. The van der Waals surface area contributed by atoms with E-state index >= 15 is 0 Å². The first-order chi connectivity index (χ1) is 10.6. The number of benzene rings is 2. The minimum absolute atomic E-state index is 0.468. The third-order valence-corrected chi connectivity index (χ3v) is 3.40. The second-order valence-corrected chi connectivity index (χ2v) is 5.51. The fourth-order valence-electron chi connectivity index (χ4n) is 2.12. The Kier molecular flexibility index (Phi) is 5.45. The lowest BCUT2D eigenvalue weighted by Crippen LogP contribution is -2.10. The van der Waals surface area contributed by atoms with Crippen LogP contribution in [0.3, 0.4) is 0 Å². The highest BCUT2D eigenvalue weighted by atomic mass is 15.0. The third-order valence-electron chi connectivity index (χ3n) is 3.40. The van der Waals surface area contributed by atoms with Gasteiger partial charge in [0.05, 0.1) is 5.71 Å². The maximum Gasteiger partial charge on any atom is 0.0684 e. The quantitative estimate of drug-likeness (QED) is 0.787. The van der Waals surface area contributed by atoms with Crippen LogP contribution in [0.25, 0.3) is 11.6 Å². The molecule has 2 nitrogen and oxygen atoms in total. The summed E-state index contributed by atoms with van der Waals surface area (Å²) < 4.78 is 0. The largest absolute Gasteiger partial charge is 0.306 e. The van der Waals surface area contributed by atoms with Gasteiger partial charge in [-0.25, -0.2) is 0 Å². The minimum Gasteiger partial charge on any atom is -0.306 e. The van der Waals surface area contributed by atoms with E-state index in [0.29, 0.717) is 5.71 Å². The molecule has 0 unspecified atom stereocenters. The number of likely N-dealkylation sites (N-methyl/N-ethyl adjacent to an activating group) is 1. The highest BCUT2D eigenvalue weighted by Gasteiger charge is 2.07. The van der Waals surface area contributed by atoms with E-state index in [9.17, 15) is 0 Å². The molecule has 2 heteroatoms. The van der Waals surface area contributed by atoms with Gasteiger partial charge in [0.1, 0.15) is 0 Å². The van der Waals surface area contributed by atoms with Crippen LogP contribution in [0.2, 0.25) is 0 Å². The molecule has 0 aliphatic carbocycles. The smallest absolute Gasteiger partial charge is 0.0684 e. The Morgan fingerprint density at radius 2 is 1.64 bits per heavy atom. The number of allylic oxidation sites excluding steroid dienone is 1. The van der Waals surface area contributed by atoms with E-state index in [1.54, 1.807) is 0 Å². The van der Waals surface area contributed by atoms with Crippen molar-refractivity contribution in [2.45, 2.75) is 0 Å². The molecule has 1 N–H and O–H groups in total. The number of nitrogens with zero attached hydrogens (tertiary/aromatic N) is 1. The van der Waals surface area contributed by atoms with Gasteiger partial charge in [0.25, 0.3) is 0 Å². The van der Waals surface area contributed by atoms with Crippen LogP contribution in [-0.4, -0.2) is 31.3 Å². The fourth-order valence-corrected chi connectivity index (χ4v) is 2.12. The van der Waals surface area contributed by atoms with Crippen LogP contribution in [-0.2, 0) is 0 Å². The van der Waals surface area contributed by atoms with Gasteiger partial charge < -0.3 is 4.90 Å². The van der Waals surface area contributed by atoms with Gasteiger partial charge in [-0.2, -0.15) is 0 Å². The van der Waals surface area contributed by atoms with Crippen LogP contribution in [0.15, 0.2) is 67.3 Å².